The van der Waals surface area contributed by atoms with E-state index in [1.54, 1.807) is 88.4 Å². The van der Waals surface area contributed by atoms with Gasteiger partial charge >= 0.3 is 23.9 Å². The number of rotatable bonds is 18. The van der Waals surface area contributed by atoms with E-state index in [0.717, 1.165) is 73.4 Å². The van der Waals surface area contributed by atoms with Crippen LogP contribution in [0, 0.1) is 23.7 Å². The fourth-order valence-electron chi connectivity index (χ4n) is 11.5. The van der Waals surface area contributed by atoms with Gasteiger partial charge in [0.15, 0.2) is 0 Å². The van der Waals surface area contributed by atoms with Crippen LogP contribution in [0.1, 0.15) is 172 Å². The third-order valence-corrected chi connectivity index (χ3v) is 16.6. The first-order valence-corrected chi connectivity index (χ1v) is 29.5. The van der Waals surface area contributed by atoms with E-state index in [4.69, 9.17) is 37.9 Å². The molecule has 0 aromatic heterocycles. The van der Waals surface area contributed by atoms with Gasteiger partial charge in [-0.3, -0.25) is 0 Å². The Hall–Kier alpha value is -7.08. The molecule has 0 heterocycles. The van der Waals surface area contributed by atoms with E-state index in [0.29, 0.717) is 57.1 Å². The maximum absolute atomic E-state index is 11.6. The van der Waals surface area contributed by atoms with Crippen LogP contribution >= 0.6 is 0 Å². The third-order valence-electron chi connectivity index (χ3n) is 16.6. The second-order valence-corrected chi connectivity index (χ2v) is 24.3. The molecule has 4 bridgehead atoms. The van der Waals surface area contributed by atoms with Gasteiger partial charge in [0.2, 0.25) is 0 Å². The van der Waals surface area contributed by atoms with Crippen LogP contribution in [0.15, 0.2) is 146 Å². The Morgan fingerprint density at radius 3 is 1.07 bits per heavy atom. The van der Waals surface area contributed by atoms with Crippen LogP contribution in [0.4, 0.5) is 0 Å². The Balaban J connectivity index is 0.000000177. The van der Waals surface area contributed by atoms with Gasteiger partial charge < -0.3 is 37.9 Å². The van der Waals surface area contributed by atoms with Gasteiger partial charge in [-0.15, -0.1) is 0 Å². The topological polar surface area (TPSA) is 142 Å². The van der Waals surface area contributed by atoms with E-state index in [1.807, 2.05) is 50.2 Å². The van der Waals surface area contributed by atoms with E-state index in [2.05, 4.69) is 54.0 Å². The second kappa shape index (κ2) is 28.8. The zero-order valence-corrected chi connectivity index (χ0v) is 50.6. The molecule has 0 spiro atoms. The Labute approximate surface area is 488 Å². The molecular weight excluding hydrogens is 1030 g/mol. The lowest BCUT2D eigenvalue weighted by atomic mass is 9.50. The number of esters is 4. The van der Waals surface area contributed by atoms with Gasteiger partial charge in [0.05, 0.1) is 0 Å². The minimum atomic E-state index is -0.419. The molecular formula is C70H90O12. The normalized spacial score (nSPS) is 21.3. The highest BCUT2D eigenvalue weighted by molar-refractivity contribution is 5.90. The van der Waals surface area contributed by atoms with Crippen molar-refractivity contribution < 1.29 is 57.1 Å². The summed E-state index contributed by atoms with van der Waals surface area (Å²) < 4.78 is 45.2. The maximum Gasteiger partial charge on any atom is 0.338 e. The summed E-state index contributed by atoms with van der Waals surface area (Å²) in [6, 6.07) is 28.9. The lowest BCUT2D eigenvalue weighted by Gasteiger charge is -2.59. The predicted octanol–water partition coefficient (Wildman–Crippen LogP) is 17.0. The molecule has 0 N–H and O–H groups in total. The number of carbonyl (C=O) groups excluding carboxylic acids is 4. The molecule has 0 unspecified atom stereocenters. The summed E-state index contributed by atoms with van der Waals surface area (Å²) in [5.41, 5.74) is 1.25. The Kier molecular flexibility index (Phi) is 22.5. The molecule has 442 valence electrons. The molecule has 6 aliphatic carbocycles. The van der Waals surface area contributed by atoms with Crippen LogP contribution in [-0.4, -0.2) is 46.3 Å². The maximum atomic E-state index is 11.6. The van der Waals surface area contributed by atoms with E-state index >= 15 is 0 Å². The van der Waals surface area contributed by atoms with Crippen molar-refractivity contribution in [1.29, 1.82) is 0 Å². The molecule has 6 aliphatic rings. The Bertz CT molecular complexity index is 2800. The SMILES string of the molecule is C=C(C)C(=O)Oc1ccc(OC(C)(C)CC)cc1.C=C(C)C(=O)Oc1ccc(OC2(C)C3CC4CC(C3)CC2C4)cc1.C=C(C)C(=O)Oc1ccc(OC2(C)CCCCC2)cc1.C=C(C)C(=O)Oc1ccc(OC2(CC)CCCC2)cc1. The Morgan fingerprint density at radius 2 is 0.744 bits per heavy atom. The zero-order valence-electron chi connectivity index (χ0n) is 50.6. The van der Waals surface area contributed by atoms with Crippen LogP contribution in [0.2, 0.25) is 0 Å². The first-order valence-electron chi connectivity index (χ1n) is 29.5. The van der Waals surface area contributed by atoms with Crippen molar-refractivity contribution in [2.75, 3.05) is 0 Å². The van der Waals surface area contributed by atoms with Crippen molar-refractivity contribution in [2.45, 2.75) is 194 Å². The van der Waals surface area contributed by atoms with E-state index in [-0.39, 0.29) is 22.4 Å². The lowest BCUT2D eigenvalue weighted by molar-refractivity contribution is -0.145. The molecule has 6 fully saturated rings. The molecule has 0 saturated heterocycles. The van der Waals surface area contributed by atoms with E-state index in [1.165, 1.54) is 64.2 Å². The van der Waals surface area contributed by atoms with E-state index in [9.17, 15) is 19.2 Å². The van der Waals surface area contributed by atoms with Crippen LogP contribution < -0.4 is 37.9 Å². The van der Waals surface area contributed by atoms with Crippen molar-refractivity contribution in [3.05, 3.63) is 146 Å². The number of carbonyl (C=O) groups is 4. The zero-order chi connectivity index (χ0) is 59.8. The first kappa shape index (κ1) is 64.1. The average molecular weight is 1120 g/mol. The van der Waals surface area contributed by atoms with Gasteiger partial charge in [-0.05, 0) is 272 Å². The monoisotopic (exact) mass is 1120 g/mol. The molecule has 0 atom stereocenters. The fraction of sp³-hybridized carbons (Fsp3) is 0.486. The van der Waals surface area contributed by atoms with Crippen molar-refractivity contribution in [1.82, 2.24) is 0 Å². The van der Waals surface area contributed by atoms with Crippen molar-refractivity contribution >= 4 is 23.9 Å². The molecule has 6 saturated carbocycles. The largest absolute Gasteiger partial charge is 0.488 e. The molecule has 4 aromatic carbocycles. The summed E-state index contributed by atoms with van der Waals surface area (Å²) >= 11 is 0. The molecule has 0 amide bonds. The molecule has 4 aromatic rings. The van der Waals surface area contributed by atoms with Crippen molar-refractivity contribution in [3.8, 4) is 46.0 Å². The highest BCUT2D eigenvalue weighted by Crippen LogP contribution is 2.59. The standard InChI is InChI=1S/C21H26O3.2C17H22O3.C15H20O3/c1-13(2)20(22)23-18-4-6-19(7-5-18)24-21(3)16-9-14-8-15(11-16)12-17(21)10-14;1-13(2)16(18)19-14-7-9-15(10-8-14)20-17(3)11-5-4-6-12-17;1-4-17(11-5-6-12-17)20-15-9-7-14(8-10-15)19-16(18)13(2)3;1-6-15(4,5)18-13-9-7-12(8-10-13)17-14(16)11(2)3/h4-7,14-17H,1,8-12H2,2-3H3;7-10H,1,4-6,11-12H2,2-3H3;7-10H,2,4-6,11-12H2,1,3H3;7-10H,2,6H2,1,3-5H3. The summed E-state index contributed by atoms with van der Waals surface area (Å²) in [6.07, 6.45) is 19.4. The minimum Gasteiger partial charge on any atom is -0.488 e. The van der Waals surface area contributed by atoms with Gasteiger partial charge in [0.25, 0.3) is 0 Å². The smallest absolute Gasteiger partial charge is 0.338 e. The second-order valence-electron chi connectivity index (χ2n) is 24.3. The van der Waals surface area contributed by atoms with Crippen LogP contribution in [0.5, 0.6) is 46.0 Å². The summed E-state index contributed by atoms with van der Waals surface area (Å²) in [6.45, 7) is 33.5. The highest BCUT2D eigenvalue weighted by Gasteiger charge is 2.56. The molecule has 82 heavy (non-hydrogen) atoms. The van der Waals surface area contributed by atoms with Crippen LogP contribution in [0.25, 0.3) is 0 Å². The predicted molar refractivity (Wildman–Crippen MR) is 323 cm³/mol. The summed E-state index contributed by atoms with van der Waals surface area (Å²) in [5, 5.41) is 0. The number of benzene rings is 4. The third kappa shape index (κ3) is 18.7. The van der Waals surface area contributed by atoms with Crippen LogP contribution in [0.3, 0.4) is 0 Å². The molecule has 12 nitrogen and oxygen atoms in total. The summed E-state index contributed by atoms with van der Waals surface area (Å²) in [5.74, 6) is 6.99. The van der Waals surface area contributed by atoms with Gasteiger partial charge in [-0.1, -0.05) is 46.6 Å². The molecule has 0 radical (unpaired) electrons. The fourth-order valence-corrected chi connectivity index (χ4v) is 11.5. The van der Waals surface area contributed by atoms with Gasteiger partial charge in [-0.2, -0.15) is 0 Å². The van der Waals surface area contributed by atoms with Crippen molar-refractivity contribution in [3.63, 3.8) is 0 Å². The van der Waals surface area contributed by atoms with Gasteiger partial charge in [-0.25, -0.2) is 19.2 Å². The quantitative estimate of drug-likeness (QED) is 0.0532. The van der Waals surface area contributed by atoms with Gasteiger partial charge in [0.1, 0.15) is 68.4 Å². The number of hydrogen-bond acceptors (Lipinski definition) is 12. The molecule has 12 heteroatoms. The first-order chi connectivity index (χ1) is 38.8. The molecule has 0 aliphatic heterocycles. The summed E-state index contributed by atoms with van der Waals surface area (Å²) in [7, 11) is 0. The highest BCUT2D eigenvalue weighted by atomic mass is 16.6. The minimum absolute atomic E-state index is 0.00407. The van der Waals surface area contributed by atoms with Crippen molar-refractivity contribution in [2.24, 2.45) is 23.7 Å². The lowest BCUT2D eigenvalue weighted by Crippen LogP contribution is -2.59. The van der Waals surface area contributed by atoms with Gasteiger partial charge in [0, 0.05) is 22.3 Å². The van der Waals surface area contributed by atoms with E-state index < -0.39 is 23.9 Å². The van der Waals surface area contributed by atoms with Crippen LogP contribution in [-0.2, 0) is 19.2 Å². The Morgan fingerprint density at radius 1 is 0.439 bits per heavy atom. The summed E-state index contributed by atoms with van der Waals surface area (Å²) in [4.78, 5) is 45.7. The molecule has 10 rings (SSSR count). The number of hydrogen-bond donors (Lipinski definition) is 0. The number of ether oxygens (including phenoxy) is 8. The average Bonchev–Trinajstić information content (AvgIpc) is 2.60.